The number of hydrogen-bond donors (Lipinski definition) is 1. The first-order valence-electron chi connectivity index (χ1n) is 5.98. The summed E-state index contributed by atoms with van der Waals surface area (Å²) in [5.74, 6) is -3.76. The Morgan fingerprint density at radius 3 is 2.19 bits per heavy atom. The van der Waals surface area contributed by atoms with E-state index in [0.717, 1.165) is 18.2 Å². The smallest absolute Gasteiger partial charge is 0.182 e. The van der Waals surface area contributed by atoms with E-state index in [0.29, 0.717) is 11.6 Å². The molecule has 2 N–H and O–H groups in total. The van der Waals surface area contributed by atoms with Gasteiger partial charge in [0.05, 0.1) is 10.6 Å². The molecule has 0 unspecified atom stereocenters. The van der Waals surface area contributed by atoms with Gasteiger partial charge in [-0.1, -0.05) is 12.1 Å². The SMILES string of the molecule is NCc1ccc(CS(=O)(=O)c2ccc(F)c(F)c2)c(F)c1. The van der Waals surface area contributed by atoms with E-state index in [-0.39, 0.29) is 12.1 Å². The number of benzene rings is 2. The average Bonchev–Trinajstić information content (AvgIpc) is 2.43. The molecule has 0 amide bonds. The molecular formula is C14H12F3NO2S. The van der Waals surface area contributed by atoms with E-state index < -0.39 is 37.9 Å². The van der Waals surface area contributed by atoms with Crippen LogP contribution in [0.25, 0.3) is 0 Å². The average molecular weight is 315 g/mol. The van der Waals surface area contributed by atoms with Gasteiger partial charge in [-0.15, -0.1) is 0 Å². The van der Waals surface area contributed by atoms with E-state index in [2.05, 4.69) is 0 Å². The van der Waals surface area contributed by atoms with Crippen LogP contribution < -0.4 is 5.73 Å². The van der Waals surface area contributed by atoms with Crippen LogP contribution in [0.4, 0.5) is 13.2 Å². The van der Waals surface area contributed by atoms with Gasteiger partial charge >= 0.3 is 0 Å². The first-order valence-corrected chi connectivity index (χ1v) is 7.64. The molecule has 0 aliphatic rings. The van der Waals surface area contributed by atoms with Crippen molar-refractivity contribution in [1.29, 1.82) is 0 Å². The fourth-order valence-corrected chi connectivity index (χ4v) is 3.16. The van der Waals surface area contributed by atoms with Crippen molar-refractivity contribution in [1.82, 2.24) is 0 Å². The zero-order valence-corrected chi connectivity index (χ0v) is 11.6. The Morgan fingerprint density at radius 2 is 1.62 bits per heavy atom. The van der Waals surface area contributed by atoms with Gasteiger partial charge in [-0.05, 0) is 29.8 Å². The van der Waals surface area contributed by atoms with Crippen LogP contribution in [0.2, 0.25) is 0 Å². The lowest BCUT2D eigenvalue weighted by Gasteiger charge is -2.07. The summed E-state index contributed by atoms with van der Waals surface area (Å²) < 4.78 is 63.9. The molecule has 0 fully saturated rings. The van der Waals surface area contributed by atoms with Gasteiger partial charge in [-0.3, -0.25) is 0 Å². The highest BCUT2D eigenvalue weighted by molar-refractivity contribution is 7.90. The minimum atomic E-state index is -3.97. The highest BCUT2D eigenvalue weighted by atomic mass is 32.2. The van der Waals surface area contributed by atoms with Crippen LogP contribution >= 0.6 is 0 Å². The molecular weight excluding hydrogens is 303 g/mol. The van der Waals surface area contributed by atoms with Crippen molar-refractivity contribution < 1.29 is 21.6 Å². The fourth-order valence-electron chi connectivity index (χ4n) is 1.79. The molecule has 112 valence electrons. The van der Waals surface area contributed by atoms with Gasteiger partial charge in [0.1, 0.15) is 5.82 Å². The zero-order valence-electron chi connectivity index (χ0n) is 10.8. The normalized spacial score (nSPS) is 11.6. The summed E-state index contributed by atoms with van der Waals surface area (Å²) in [5, 5.41) is 0. The number of rotatable bonds is 4. The zero-order chi connectivity index (χ0) is 15.6. The highest BCUT2D eigenvalue weighted by Gasteiger charge is 2.19. The number of sulfone groups is 1. The van der Waals surface area contributed by atoms with Gasteiger partial charge in [-0.2, -0.15) is 0 Å². The number of hydrogen-bond acceptors (Lipinski definition) is 3. The molecule has 0 aliphatic heterocycles. The molecule has 0 atom stereocenters. The Hall–Kier alpha value is -1.86. The summed E-state index contributed by atoms with van der Waals surface area (Å²) in [7, 11) is -3.97. The van der Waals surface area contributed by atoms with Gasteiger partial charge in [0, 0.05) is 12.1 Å². The van der Waals surface area contributed by atoms with Gasteiger partial charge in [0.2, 0.25) is 0 Å². The first kappa shape index (κ1) is 15.5. The molecule has 2 aromatic carbocycles. The molecule has 0 aliphatic carbocycles. The molecule has 2 aromatic rings. The van der Waals surface area contributed by atoms with Crippen LogP contribution in [0.3, 0.4) is 0 Å². The van der Waals surface area contributed by atoms with E-state index >= 15 is 0 Å². The topological polar surface area (TPSA) is 60.2 Å². The van der Waals surface area contributed by atoms with Crippen LogP contribution in [-0.2, 0) is 22.1 Å². The van der Waals surface area contributed by atoms with Crippen LogP contribution in [0, 0.1) is 17.5 Å². The molecule has 0 bridgehead atoms. The lowest BCUT2D eigenvalue weighted by molar-refractivity contribution is 0.504. The van der Waals surface area contributed by atoms with Crippen LogP contribution in [0.5, 0.6) is 0 Å². The van der Waals surface area contributed by atoms with Gasteiger partial charge < -0.3 is 5.73 Å². The summed E-state index contributed by atoms with van der Waals surface area (Å²) in [6, 6.07) is 6.22. The third kappa shape index (κ3) is 3.43. The summed E-state index contributed by atoms with van der Waals surface area (Å²) in [6.07, 6.45) is 0. The monoisotopic (exact) mass is 315 g/mol. The maximum atomic E-state index is 13.8. The molecule has 21 heavy (non-hydrogen) atoms. The molecule has 0 saturated carbocycles. The fraction of sp³-hybridized carbons (Fsp3) is 0.143. The predicted molar refractivity (Wildman–Crippen MR) is 71.5 cm³/mol. The third-order valence-corrected chi connectivity index (χ3v) is 4.61. The predicted octanol–water partition coefficient (Wildman–Crippen LogP) is 2.54. The number of halogens is 3. The Labute approximate surface area is 120 Å². The van der Waals surface area contributed by atoms with Crippen molar-refractivity contribution in [3.05, 3.63) is 65.0 Å². The van der Waals surface area contributed by atoms with Crippen LogP contribution in [0.15, 0.2) is 41.3 Å². The minimum absolute atomic E-state index is 0.0584. The van der Waals surface area contributed by atoms with E-state index in [1.807, 2.05) is 0 Å². The van der Waals surface area contributed by atoms with Gasteiger partial charge in [0.15, 0.2) is 21.5 Å². The van der Waals surface area contributed by atoms with Crippen molar-refractivity contribution in [3.8, 4) is 0 Å². The van der Waals surface area contributed by atoms with Crippen molar-refractivity contribution in [3.63, 3.8) is 0 Å². The molecule has 0 spiro atoms. The second-order valence-electron chi connectivity index (χ2n) is 4.46. The van der Waals surface area contributed by atoms with Crippen molar-refractivity contribution >= 4 is 9.84 Å². The standard InChI is InChI=1S/C14H12F3NO2S/c15-12-4-3-11(6-14(12)17)21(19,20)8-10-2-1-9(7-18)5-13(10)16/h1-6H,7-8,18H2. The van der Waals surface area contributed by atoms with Crippen LogP contribution in [0.1, 0.15) is 11.1 Å². The van der Waals surface area contributed by atoms with Crippen molar-refractivity contribution in [2.45, 2.75) is 17.2 Å². The highest BCUT2D eigenvalue weighted by Crippen LogP contribution is 2.21. The van der Waals surface area contributed by atoms with E-state index in [9.17, 15) is 21.6 Å². The third-order valence-electron chi connectivity index (χ3n) is 2.95. The lowest BCUT2D eigenvalue weighted by Crippen LogP contribution is -2.08. The summed E-state index contributed by atoms with van der Waals surface area (Å²) in [5.41, 5.74) is 5.83. The molecule has 0 aromatic heterocycles. The second-order valence-corrected chi connectivity index (χ2v) is 6.45. The Bertz CT molecular complexity index is 776. The first-order chi connectivity index (χ1) is 9.83. The lowest BCUT2D eigenvalue weighted by atomic mass is 10.1. The minimum Gasteiger partial charge on any atom is -0.326 e. The second kappa shape index (κ2) is 5.87. The molecule has 7 heteroatoms. The Morgan fingerprint density at radius 1 is 0.905 bits per heavy atom. The maximum absolute atomic E-state index is 13.8. The van der Waals surface area contributed by atoms with E-state index in [4.69, 9.17) is 5.73 Å². The van der Waals surface area contributed by atoms with E-state index in [1.54, 1.807) is 0 Å². The van der Waals surface area contributed by atoms with Gasteiger partial charge in [-0.25, -0.2) is 21.6 Å². The number of nitrogens with two attached hydrogens (primary N) is 1. The van der Waals surface area contributed by atoms with Crippen molar-refractivity contribution in [2.75, 3.05) is 0 Å². The molecule has 0 saturated heterocycles. The molecule has 3 nitrogen and oxygen atoms in total. The van der Waals surface area contributed by atoms with Gasteiger partial charge in [0.25, 0.3) is 0 Å². The Kier molecular flexibility index (Phi) is 4.34. The summed E-state index contributed by atoms with van der Waals surface area (Å²) >= 11 is 0. The molecule has 2 rings (SSSR count). The largest absolute Gasteiger partial charge is 0.326 e. The molecule has 0 heterocycles. The Balaban J connectivity index is 2.35. The molecule has 0 radical (unpaired) electrons. The maximum Gasteiger partial charge on any atom is 0.182 e. The quantitative estimate of drug-likeness (QED) is 0.882. The van der Waals surface area contributed by atoms with Crippen LogP contribution in [-0.4, -0.2) is 8.42 Å². The van der Waals surface area contributed by atoms with Crippen molar-refractivity contribution in [2.24, 2.45) is 5.73 Å². The van der Waals surface area contributed by atoms with E-state index in [1.165, 1.54) is 12.1 Å². The summed E-state index contributed by atoms with van der Waals surface area (Å²) in [6.45, 7) is 0.132. The summed E-state index contributed by atoms with van der Waals surface area (Å²) in [4.78, 5) is -0.399.